The van der Waals surface area contributed by atoms with E-state index in [1.54, 1.807) is 0 Å². The highest BCUT2D eigenvalue weighted by molar-refractivity contribution is 6.55. The average Bonchev–Trinajstić information content (AvgIpc) is 2.44. The van der Waals surface area contributed by atoms with Crippen LogP contribution in [0, 0.1) is 6.92 Å². The normalized spacial score (nSPS) is 11.8. The number of aryl methyl sites for hydroxylation is 2. The van der Waals surface area contributed by atoms with Crippen molar-refractivity contribution >= 4 is 29.9 Å². The minimum Gasteiger partial charge on any atom is -0.349 e. The van der Waals surface area contributed by atoms with Gasteiger partial charge in [-0.3, -0.25) is 0 Å². The van der Waals surface area contributed by atoms with Gasteiger partial charge in [-0.1, -0.05) is 57.0 Å². The van der Waals surface area contributed by atoms with Crippen molar-refractivity contribution in [1.29, 1.82) is 0 Å². The molecule has 20 heavy (non-hydrogen) atoms. The van der Waals surface area contributed by atoms with E-state index in [0.717, 1.165) is 6.42 Å². The van der Waals surface area contributed by atoms with E-state index >= 15 is 0 Å². The van der Waals surface area contributed by atoms with Crippen LogP contribution in [0.15, 0.2) is 41.3 Å². The van der Waals surface area contributed by atoms with Crippen LogP contribution in [-0.4, -0.2) is 13.1 Å². The molecular weight excluding hydrogens is 241 g/mol. The van der Waals surface area contributed by atoms with Crippen LogP contribution in [0.3, 0.4) is 0 Å². The van der Waals surface area contributed by atoms with E-state index in [2.05, 4.69) is 68.8 Å². The third-order valence-electron chi connectivity index (χ3n) is 3.56. The molecule has 0 aliphatic rings. The Morgan fingerprint density at radius 2 is 1.95 bits per heavy atom. The molecule has 0 heterocycles. The summed E-state index contributed by atoms with van der Waals surface area (Å²) in [6.45, 7) is 8.94. The number of allylic oxidation sites excluding steroid dienone is 1. The van der Waals surface area contributed by atoms with E-state index in [0.29, 0.717) is 6.85 Å². The van der Waals surface area contributed by atoms with Gasteiger partial charge in [-0.15, -0.1) is 0 Å². The predicted octanol–water partition coefficient (Wildman–Crippen LogP) is 5.05. The number of fused-ring (bicyclic) bond motifs is 1. The van der Waals surface area contributed by atoms with Crippen LogP contribution < -0.4 is 0 Å². The van der Waals surface area contributed by atoms with Crippen molar-refractivity contribution in [2.75, 3.05) is 0 Å². The molecule has 0 aliphatic carbocycles. The van der Waals surface area contributed by atoms with Crippen LogP contribution in [0.2, 0.25) is 13.6 Å². The van der Waals surface area contributed by atoms with Gasteiger partial charge in [0, 0.05) is 6.21 Å². The molecule has 102 valence electrons. The maximum absolute atomic E-state index is 4.35. The van der Waals surface area contributed by atoms with E-state index in [-0.39, 0.29) is 0 Å². The summed E-state index contributed by atoms with van der Waals surface area (Å²) in [5.41, 5.74) is 4.05. The largest absolute Gasteiger partial charge is 0.349 e. The Kier molecular flexibility index (Phi) is 4.78. The van der Waals surface area contributed by atoms with Gasteiger partial charge in [0.1, 0.15) is 0 Å². The standard InChI is InChI=1S/C18H22BN/c1-5-15-8-6-9-17-12-11-16(14(2)18(15)17)10-7-13-20-19(3)4/h6-13H,5H2,1-4H3/b10-7-,20-13?. The van der Waals surface area contributed by atoms with Crippen LogP contribution in [0.5, 0.6) is 0 Å². The van der Waals surface area contributed by atoms with Gasteiger partial charge in [0.15, 0.2) is 0 Å². The summed E-state index contributed by atoms with van der Waals surface area (Å²) in [6, 6.07) is 11.0. The molecule has 0 unspecified atom stereocenters. The third kappa shape index (κ3) is 3.19. The maximum Gasteiger partial charge on any atom is 0.272 e. The lowest BCUT2D eigenvalue weighted by Gasteiger charge is -2.10. The average molecular weight is 263 g/mol. The molecule has 0 N–H and O–H groups in total. The van der Waals surface area contributed by atoms with Crippen LogP contribution in [0.4, 0.5) is 0 Å². The minimum atomic E-state index is 0.351. The Morgan fingerprint density at radius 1 is 1.15 bits per heavy atom. The Morgan fingerprint density at radius 3 is 2.65 bits per heavy atom. The summed E-state index contributed by atoms with van der Waals surface area (Å²) >= 11 is 0. The van der Waals surface area contributed by atoms with Gasteiger partial charge < -0.3 is 4.90 Å². The van der Waals surface area contributed by atoms with Crippen molar-refractivity contribution in [2.45, 2.75) is 33.9 Å². The molecule has 0 saturated heterocycles. The van der Waals surface area contributed by atoms with E-state index in [9.17, 15) is 0 Å². The minimum absolute atomic E-state index is 0.351. The number of hydrogen-bond donors (Lipinski definition) is 0. The van der Waals surface area contributed by atoms with Crippen LogP contribution in [-0.2, 0) is 6.42 Å². The van der Waals surface area contributed by atoms with E-state index in [4.69, 9.17) is 0 Å². The predicted molar refractivity (Wildman–Crippen MR) is 93.1 cm³/mol. The second-order valence-corrected chi connectivity index (χ2v) is 5.40. The summed E-state index contributed by atoms with van der Waals surface area (Å²) in [5, 5.41) is 2.73. The second kappa shape index (κ2) is 6.56. The molecule has 0 atom stereocenters. The van der Waals surface area contributed by atoms with Crippen molar-refractivity contribution in [2.24, 2.45) is 4.90 Å². The molecule has 2 aromatic carbocycles. The molecule has 0 spiro atoms. The summed E-state index contributed by atoms with van der Waals surface area (Å²) in [5.74, 6) is 0. The first-order valence-electron chi connectivity index (χ1n) is 7.34. The van der Waals surface area contributed by atoms with Crippen molar-refractivity contribution in [3.8, 4) is 0 Å². The van der Waals surface area contributed by atoms with Crippen molar-refractivity contribution in [1.82, 2.24) is 0 Å². The smallest absolute Gasteiger partial charge is 0.272 e. The topological polar surface area (TPSA) is 12.4 Å². The zero-order valence-corrected chi connectivity index (χ0v) is 12.9. The van der Waals surface area contributed by atoms with Gasteiger partial charge in [0.05, 0.1) is 0 Å². The van der Waals surface area contributed by atoms with E-state index < -0.39 is 0 Å². The molecule has 0 bridgehead atoms. The van der Waals surface area contributed by atoms with Gasteiger partial charge in [-0.05, 0) is 46.9 Å². The van der Waals surface area contributed by atoms with Gasteiger partial charge in [0.25, 0.3) is 6.85 Å². The lowest BCUT2D eigenvalue weighted by atomic mass is 9.70. The van der Waals surface area contributed by atoms with Gasteiger partial charge in [0.2, 0.25) is 0 Å². The number of hydrogen-bond acceptors (Lipinski definition) is 1. The second-order valence-electron chi connectivity index (χ2n) is 5.40. The molecule has 2 heteroatoms. The lowest BCUT2D eigenvalue weighted by molar-refractivity contribution is 1.16. The monoisotopic (exact) mass is 263 g/mol. The highest BCUT2D eigenvalue weighted by Crippen LogP contribution is 2.26. The lowest BCUT2D eigenvalue weighted by Crippen LogP contribution is -1.93. The SMILES string of the molecule is CCc1cccc2ccc(/C=C\C=NB(C)C)c(C)c12. The Bertz CT molecular complexity index is 654. The summed E-state index contributed by atoms with van der Waals surface area (Å²) < 4.78 is 0. The Labute approximate surface area is 122 Å². The Hall–Kier alpha value is -1.83. The summed E-state index contributed by atoms with van der Waals surface area (Å²) in [4.78, 5) is 4.35. The highest BCUT2D eigenvalue weighted by Gasteiger charge is 2.05. The first kappa shape index (κ1) is 14.6. The van der Waals surface area contributed by atoms with E-state index in [1.807, 2.05) is 12.3 Å². The van der Waals surface area contributed by atoms with Crippen molar-refractivity contribution in [3.05, 3.63) is 53.1 Å². The van der Waals surface area contributed by atoms with E-state index in [1.165, 1.54) is 27.5 Å². The molecule has 1 nitrogen and oxygen atoms in total. The fourth-order valence-electron chi connectivity index (χ4n) is 2.51. The third-order valence-corrected chi connectivity index (χ3v) is 3.56. The number of rotatable bonds is 4. The van der Waals surface area contributed by atoms with Gasteiger partial charge in [-0.2, -0.15) is 0 Å². The highest BCUT2D eigenvalue weighted by atomic mass is 14.6. The molecule has 0 radical (unpaired) electrons. The molecule has 2 aromatic rings. The molecule has 2 rings (SSSR count). The fourth-order valence-corrected chi connectivity index (χ4v) is 2.51. The van der Waals surface area contributed by atoms with Crippen LogP contribution in [0.1, 0.15) is 23.6 Å². The fraction of sp³-hybridized carbons (Fsp3) is 0.278. The zero-order chi connectivity index (χ0) is 14.5. The summed E-state index contributed by atoms with van der Waals surface area (Å²) in [7, 11) is 0. The first-order chi connectivity index (χ1) is 9.63. The molecule has 0 amide bonds. The number of benzene rings is 2. The molecular formula is C18H22BN. The maximum atomic E-state index is 4.35. The first-order valence-corrected chi connectivity index (χ1v) is 7.34. The molecule has 0 aliphatic heterocycles. The molecule has 0 fully saturated rings. The quantitative estimate of drug-likeness (QED) is 0.541. The molecule has 0 saturated carbocycles. The zero-order valence-electron chi connectivity index (χ0n) is 12.9. The number of nitrogens with zero attached hydrogens (tertiary/aromatic N) is 1. The van der Waals surface area contributed by atoms with Crippen LogP contribution in [0.25, 0.3) is 16.8 Å². The van der Waals surface area contributed by atoms with Crippen molar-refractivity contribution in [3.63, 3.8) is 0 Å². The van der Waals surface area contributed by atoms with Crippen LogP contribution >= 0.6 is 0 Å². The Balaban J connectivity index is 2.43. The summed E-state index contributed by atoms with van der Waals surface area (Å²) in [6.07, 6.45) is 7.13. The van der Waals surface area contributed by atoms with Gasteiger partial charge in [-0.25, -0.2) is 0 Å². The van der Waals surface area contributed by atoms with Crippen molar-refractivity contribution < 1.29 is 0 Å². The van der Waals surface area contributed by atoms with Gasteiger partial charge >= 0.3 is 0 Å². The molecule has 0 aromatic heterocycles.